The van der Waals surface area contributed by atoms with E-state index in [4.69, 9.17) is 0 Å². The Morgan fingerprint density at radius 3 is 2.53 bits per heavy atom. The second-order valence-electron chi connectivity index (χ2n) is 7.94. The summed E-state index contributed by atoms with van der Waals surface area (Å²) in [6.07, 6.45) is 6.77. The molecule has 1 aliphatic rings. The second-order valence-corrected chi connectivity index (χ2v) is 7.94. The lowest BCUT2D eigenvalue weighted by Gasteiger charge is -2.20. The first kappa shape index (κ1) is 21.5. The van der Waals surface area contributed by atoms with E-state index in [1.807, 2.05) is 25.1 Å². The number of nitrogens with zero attached hydrogens (tertiary/aromatic N) is 4. The van der Waals surface area contributed by atoms with Crippen molar-refractivity contribution in [1.29, 1.82) is 0 Å². The van der Waals surface area contributed by atoms with E-state index in [0.29, 0.717) is 12.0 Å². The quantitative estimate of drug-likeness (QED) is 0.569. The molecule has 1 saturated heterocycles. The number of nitrogens with one attached hydrogen (secondary N) is 2. The van der Waals surface area contributed by atoms with Gasteiger partial charge in [0.05, 0.1) is 5.69 Å². The lowest BCUT2D eigenvalue weighted by molar-refractivity contribution is -0.118. The fourth-order valence-electron chi connectivity index (χ4n) is 3.89. The molecule has 32 heavy (non-hydrogen) atoms. The van der Waals surface area contributed by atoms with Gasteiger partial charge in [0, 0.05) is 30.0 Å². The Morgan fingerprint density at radius 1 is 1.06 bits per heavy atom. The molecule has 0 saturated carbocycles. The van der Waals surface area contributed by atoms with E-state index in [-0.39, 0.29) is 11.8 Å². The molecule has 0 radical (unpaired) electrons. The molecule has 2 N–H and O–H groups in total. The van der Waals surface area contributed by atoms with Crippen molar-refractivity contribution in [2.45, 2.75) is 38.6 Å². The molecule has 0 spiro atoms. The largest absolute Gasteiger partial charge is 0.371 e. The molecule has 8 nitrogen and oxygen atoms in total. The predicted molar refractivity (Wildman–Crippen MR) is 124 cm³/mol. The standard InChI is InChI=1S/C24H28N6O2/c1-2-6-22(24(32)27-19-7-5-8-21(15-19)29-13-3-4-14-29)28-23(31)18-9-11-20(12-10-18)30-17-25-16-26-30/h5,7-12,15-17,22H,2-4,6,13-14H2,1H3,(H,27,32)(H,28,31). The van der Waals surface area contributed by atoms with E-state index in [0.717, 1.165) is 36.6 Å². The van der Waals surface area contributed by atoms with Crippen LogP contribution in [-0.2, 0) is 4.79 Å². The van der Waals surface area contributed by atoms with Crippen LogP contribution in [0.4, 0.5) is 11.4 Å². The van der Waals surface area contributed by atoms with Crippen molar-refractivity contribution in [3.8, 4) is 5.69 Å². The van der Waals surface area contributed by atoms with Gasteiger partial charge in [-0.05, 0) is 61.7 Å². The number of hydrogen-bond acceptors (Lipinski definition) is 5. The number of carbonyl (C=O) groups excluding carboxylic acids is 2. The predicted octanol–water partition coefficient (Wildman–Crippen LogP) is 3.40. The van der Waals surface area contributed by atoms with Crippen LogP contribution >= 0.6 is 0 Å². The number of aromatic nitrogens is 3. The third kappa shape index (κ3) is 5.14. The third-order valence-electron chi connectivity index (χ3n) is 5.60. The maximum atomic E-state index is 13.0. The summed E-state index contributed by atoms with van der Waals surface area (Å²) in [6.45, 7) is 4.08. The minimum Gasteiger partial charge on any atom is -0.371 e. The summed E-state index contributed by atoms with van der Waals surface area (Å²) in [5, 5.41) is 9.94. The van der Waals surface area contributed by atoms with Crippen LogP contribution < -0.4 is 15.5 Å². The molecular formula is C24H28N6O2. The number of benzene rings is 2. The van der Waals surface area contributed by atoms with Crippen LogP contribution in [-0.4, -0.2) is 45.7 Å². The highest BCUT2D eigenvalue weighted by molar-refractivity contribution is 6.01. The molecule has 0 aliphatic carbocycles. The average Bonchev–Trinajstić information content (AvgIpc) is 3.53. The smallest absolute Gasteiger partial charge is 0.251 e. The summed E-state index contributed by atoms with van der Waals surface area (Å²) in [6, 6.07) is 14.3. The van der Waals surface area contributed by atoms with Crippen molar-refractivity contribution in [1.82, 2.24) is 20.1 Å². The third-order valence-corrected chi connectivity index (χ3v) is 5.60. The van der Waals surface area contributed by atoms with Gasteiger partial charge in [-0.15, -0.1) is 0 Å². The van der Waals surface area contributed by atoms with Crippen LogP contribution in [0.25, 0.3) is 5.69 Å². The fourth-order valence-corrected chi connectivity index (χ4v) is 3.89. The van der Waals surface area contributed by atoms with Crippen molar-refractivity contribution in [2.24, 2.45) is 0 Å². The Labute approximate surface area is 187 Å². The summed E-state index contributed by atoms with van der Waals surface area (Å²) in [4.78, 5) is 32.0. The molecule has 1 aliphatic heterocycles. The van der Waals surface area contributed by atoms with Crippen LogP contribution in [0.15, 0.2) is 61.2 Å². The van der Waals surface area contributed by atoms with Crippen LogP contribution in [0.1, 0.15) is 43.0 Å². The zero-order valence-electron chi connectivity index (χ0n) is 18.2. The Hall–Kier alpha value is -3.68. The molecule has 3 aromatic rings. The van der Waals surface area contributed by atoms with Crippen LogP contribution in [0.5, 0.6) is 0 Å². The Balaban J connectivity index is 1.41. The molecule has 2 heterocycles. The SMILES string of the molecule is CCCC(NC(=O)c1ccc(-n2cncn2)cc1)C(=O)Nc1cccc(N2CCCC2)c1. The summed E-state index contributed by atoms with van der Waals surface area (Å²) in [7, 11) is 0. The molecule has 0 bridgehead atoms. The van der Waals surface area contributed by atoms with Gasteiger partial charge >= 0.3 is 0 Å². The van der Waals surface area contributed by atoms with Gasteiger partial charge in [-0.2, -0.15) is 5.10 Å². The van der Waals surface area contributed by atoms with Gasteiger partial charge in [-0.3, -0.25) is 9.59 Å². The highest BCUT2D eigenvalue weighted by Crippen LogP contribution is 2.23. The Bertz CT molecular complexity index is 1040. The number of carbonyl (C=O) groups is 2. The molecule has 1 fully saturated rings. The van der Waals surface area contributed by atoms with Gasteiger partial charge in [0.1, 0.15) is 18.7 Å². The maximum Gasteiger partial charge on any atom is 0.251 e. The van der Waals surface area contributed by atoms with Crippen molar-refractivity contribution in [3.63, 3.8) is 0 Å². The normalized spacial score (nSPS) is 14.2. The molecule has 2 amide bonds. The molecule has 1 aromatic heterocycles. The first-order chi connectivity index (χ1) is 15.6. The summed E-state index contributed by atoms with van der Waals surface area (Å²) in [5.41, 5.74) is 3.15. The van der Waals surface area contributed by atoms with Crippen LogP contribution in [0.3, 0.4) is 0 Å². The number of anilines is 2. The Morgan fingerprint density at radius 2 is 1.84 bits per heavy atom. The molecule has 166 valence electrons. The summed E-state index contributed by atoms with van der Waals surface area (Å²) < 4.78 is 1.62. The van der Waals surface area contributed by atoms with Crippen molar-refractivity contribution >= 4 is 23.2 Å². The minimum atomic E-state index is -0.613. The van der Waals surface area contributed by atoms with Crippen molar-refractivity contribution < 1.29 is 9.59 Å². The summed E-state index contributed by atoms with van der Waals surface area (Å²) in [5.74, 6) is -0.493. The zero-order valence-corrected chi connectivity index (χ0v) is 18.2. The van der Waals surface area contributed by atoms with Gasteiger partial charge in [0.15, 0.2) is 0 Å². The number of rotatable bonds is 8. The average molecular weight is 433 g/mol. The maximum absolute atomic E-state index is 13.0. The molecular weight excluding hydrogens is 404 g/mol. The van der Waals surface area contributed by atoms with Crippen LogP contribution in [0, 0.1) is 0 Å². The van der Waals surface area contributed by atoms with E-state index < -0.39 is 6.04 Å². The Kier molecular flexibility index (Phi) is 6.79. The fraction of sp³-hybridized carbons (Fsp3) is 0.333. The van der Waals surface area contributed by atoms with Gasteiger partial charge in [-0.25, -0.2) is 9.67 Å². The molecule has 1 unspecified atom stereocenters. The molecule has 1 atom stereocenters. The lowest BCUT2D eigenvalue weighted by atomic mass is 10.1. The van der Waals surface area contributed by atoms with E-state index >= 15 is 0 Å². The van der Waals surface area contributed by atoms with E-state index in [1.165, 1.54) is 19.2 Å². The zero-order chi connectivity index (χ0) is 22.3. The molecule has 2 aromatic carbocycles. The number of amides is 2. The van der Waals surface area contributed by atoms with E-state index in [1.54, 1.807) is 35.3 Å². The van der Waals surface area contributed by atoms with Gasteiger partial charge in [0.25, 0.3) is 5.91 Å². The monoisotopic (exact) mass is 432 g/mol. The highest BCUT2D eigenvalue weighted by atomic mass is 16.2. The minimum absolute atomic E-state index is 0.210. The van der Waals surface area contributed by atoms with Crippen molar-refractivity contribution in [3.05, 3.63) is 66.7 Å². The van der Waals surface area contributed by atoms with E-state index in [9.17, 15) is 9.59 Å². The number of hydrogen-bond donors (Lipinski definition) is 2. The molecule has 4 rings (SSSR count). The second kappa shape index (κ2) is 10.1. The summed E-state index contributed by atoms with van der Waals surface area (Å²) >= 11 is 0. The molecule has 8 heteroatoms. The van der Waals surface area contributed by atoms with E-state index in [2.05, 4.69) is 31.7 Å². The van der Waals surface area contributed by atoms with Gasteiger partial charge in [0.2, 0.25) is 5.91 Å². The lowest BCUT2D eigenvalue weighted by Crippen LogP contribution is -2.43. The van der Waals surface area contributed by atoms with Crippen LogP contribution in [0.2, 0.25) is 0 Å². The first-order valence-corrected chi connectivity index (χ1v) is 11.1. The first-order valence-electron chi connectivity index (χ1n) is 11.1. The topological polar surface area (TPSA) is 92.1 Å². The van der Waals surface area contributed by atoms with Gasteiger partial charge < -0.3 is 15.5 Å². The van der Waals surface area contributed by atoms with Gasteiger partial charge in [-0.1, -0.05) is 19.4 Å². The van der Waals surface area contributed by atoms with Crippen molar-refractivity contribution in [2.75, 3.05) is 23.3 Å². The highest BCUT2D eigenvalue weighted by Gasteiger charge is 2.21.